The first kappa shape index (κ1) is 14.5. The van der Waals surface area contributed by atoms with Crippen LogP contribution in [0, 0.1) is 0 Å². The van der Waals surface area contributed by atoms with Gasteiger partial charge < -0.3 is 9.47 Å². The van der Waals surface area contributed by atoms with Crippen LogP contribution in [0.4, 0.5) is 0 Å². The number of allylic oxidation sites excluding steroid dienone is 1. The summed E-state index contributed by atoms with van der Waals surface area (Å²) in [5.74, 6) is -0.409. The van der Waals surface area contributed by atoms with Crippen LogP contribution in [-0.2, 0) is 9.47 Å². The number of unbranched alkanes of at least 4 members (excludes halogenated alkanes) is 1. The van der Waals surface area contributed by atoms with E-state index in [1.54, 1.807) is 0 Å². The Hall–Kier alpha value is 0.390. The van der Waals surface area contributed by atoms with Gasteiger partial charge in [0.2, 0.25) is 0 Å². The van der Waals surface area contributed by atoms with Crippen LogP contribution in [-0.4, -0.2) is 22.4 Å². The molecular weight excluding hydrogens is 315 g/mol. The third kappa shape index (κ3) is 5.15. The van der Waals surface area contributed by atoms with Crippen molar-refractivity contribution in [3.8, 4) is 0 Å². The summed E-state index contributed by atoms with van der Waals surface area (Å²) >= 11 is 2.41. The smallest absolute Gasteiger partial charge is 0.163 e. The summed E-state index contributed by atoms with van der Waals surface area (Å²) in [5.41, 5.74) is 0. The SMILES string of the molecule is C=CCCC[C@H]1C[C@H](CCI)OC(C)(C)O1. The highest BCUT2D eigenvalue weighted by atomic mass is 127. The van der Waals surface area contributed by atoms with E-state index in [1.165, 1.54) is 6.42 Å². The minimum atomic E-state index is -0.409. The molecule has 0 N–H and O–H groups in total. The third-order valence-corrected chi connectivity index (χ3v) is 3.41. The summed E-state index contributed by atoms with van der Waals surface area (Å²) in [4.78, 5) is 0. The molecule has 0 aromatic heterocycles. The van der Waals surface area contributed by atoms with E-state index in [0.717, 1.165) is 30.1 Å². The third-order valence-electron chi connectivity index (χ3n) is 2.79. The lowest BCUT2D eigenvalue weighted by Gasteiger charge is -2.41. The maximum absolute atomic E-state index is 5.94. The number of alkyl halides is 1. The van der Waals surface area contributed by atoms with E-state index < -0.39 is 5.79 Å². The Balaban J connectivity index is 2.41. The van der Waals surface area contributed by atoms with Crippen molar-refractivity contribution in [1.29, 1.82) is 0 Å². The quantitative estimate of drug-likeness (QED) is 0.314. The molecule has 1 aliphatic heterocycles. The highest BCUT2D eigenvalue weighted by molar-refractivity contribution is 14.1. The second kappa shape index (κ2) is 6.97. The van der Waals surface area contributed by atoms with Crippen LogP contribution in [0.2, 0.25) is 0 Å². The molecule has 2 atom stereocenters. The van der Waals surface area contributed by atoms with Crippen LogP contribution in [0.15, 0.2) is 12.7 Å². The van der Waals surface area contributed by atoms with Gasteiger partial charge in [0.05, 0.1) is 12.2 Å². The van der Waals surface area contributed by atoms with Crippen molar-refractivity contribution in [2.75, 3.05) is 4.43 Å². The van der Waals surface area contributed by atoms with Crippen molar-refractivity contribution < 1.29 is 9.47 Å². The molecule has 1 saturated heterocycles. The summed E-state index contributed by atoms with van der Waals surface area (Å²) in [6.45, 7) is 7.79. The summed E-state index contributed by atoms with van der Waals surface area (Å²) in [5, 5.41) is 0. The number of hydrogen-bond acceptors (Lipinski definition) is 2. The molecule has 1 heterocycles. The molecule has 0 saturated carbocycles. The van der Waals surface area contributed by atoms with Crippen LogP contribution in [0.1, 0.15) is 46.0 Å². The first-order valence-electron chi connectivity index (χ1n) is 6.10. The maximum Gasteiger partial charge on any atom is 0.163 e. The molecule has 1 aliphatic rings. The molecule has 0 aliphatic carbocycles. The van der Waals surface area contributed by atoms with Crippen molar-refractivity contribution in [3.05, 3.63) is 12.7 Å². The van der Waals surface area contributed by atoms with Gasteiger partial charge in [0.25, 0.3) is 0 Å². The van der Waals surface area contributed by atoms with Gasteiger partial charge in [0.1, 0.15) is 0 Å². The number of rotatable bonds is 6. The molecule has 0 aromatic carbocycles. The van der Waals surface area contributed by atoms with Gasteiger partial charge in [0.15, 0.2) is 5.79 Å². The largest absolute Gasteiger partial charge is 0.347 e. The topological polar surface area (TPSA) is 18.5 Å². The van der Waals surface area contributed by atoms with E-state index in [4.69, 9.17) is 9.47 Å². The van der Waals surface area contributed by atoms with Crippen molar-refractivity contribution >= 4 is 22.6 Å². The van der Waals surface area contributed by atoms with Crippen LogP contribution >= 0.6 is 22.6 Å². The molecule has 1 fully saturated rings. The van der Waals surface area contributed by atoms with Crippen molar-refractivity contribution in [2.45, 2.75) is 63.9 Å². The lowest BCUT2D eigenvalue weighted by Crippen LogP contribution is -2.44. The van der Waals surface area contributed by atoms with Crippen LogP contribution in [0.25, 0.3) is 0 Å². The Morgan fingerprint density at radius 2 is 1.94 bits per heavy atom. The zero-order valence-corrected chi connectivity index (χ0v) is 12.5. The Bertz CT molecular complexity index is 216. The fourth-order valence-electron chi connectivity index (χ4n) is 2.19. The highest BCUT2D eigenvalue weighted by Gasteiger charge is 2.34. The molecule has 16 heavy (non-hydrogen) atoms. The lowest BCUT2D eigenvalue weighted by molar-refractivity contribution is -0.300. The van der Waals surface area contributed by atoms with E-state index in [1.807, 2.05) is 19.9 Å². The van der Waals surface area contributed by atoms with Gasteiger partial charge in [-0.1, -0.05) is 28.7 Å². The van der Waals surface area contributed by atoms with Crippen LogP contribution in [0.5, 0.6) is 0 Å². The maximum atomic E-state index is 5.94. The zero-order chi connectivity index (χ0) is 12.0. The number of hydrogen-bond donors (Lipinski definition) is 0. The van der Waals surface area contributed by atoms with Gasteiger partial charge in [-0.05, 0) is 39.5 Å². The van der Waals surface area contributed by atoms with E-state index in [9.17, 15) is 0 Å². The lowest BCUT2D eigenvalue weighted by atomic mass is 10.0. The zero-order valence-electron chi connectivity index (χ0n) is 10.4. The number of halogens is 1. The highest BCUT2D eigenvalue weighted by Crippen LogP contribution is 2.30. The fraction of sp³-hybridized carbons (Fsp3) is 0.846. The second-order valence-corrected chi connectivity index (χ2v) is 5.89. The molecule has 2 nitrogen and oxygen atoms in total. The van der Waals surface area contributed by atoms with E-state index in [-0.39, 0.29) is 0 Å². The van der Waals surface area contributed by atoms with Crippen LogP contribution < -0.4 is 0 Å². The minimum absolute atomic E-state index is 0.358. The summed E-state index contributed by atoms with van der Waals surface area (Å²) < 4.78 is 13.0. The van der Waals surface area contributed by atoms with E-state index >= 15 is 0 Å². The van der Waals surface area contributed by atoms with Crippen LogP contribution in [0.3, 0.4) is 0 Å². The first-order chi connectivity index (χ1) is 7.57. The predicted octanol–water partition coefficient (Wildman–Crippen LogP) is 4.08. The van der Waals surface area contributed by atoms with Crippen molar-refractivity contribution in [2.24, 2.45) is 0 Å². The number of ether oxygens (including phenoxy) is 2. The van der Waals surface area contributed by atoms with Gasteiger partial charge in [-0.25, -0.2) is 0 Å². The molecular formula is C13H23IO2. The molecule has 0 amide bonds. The summed E-state index contributed by atoms with van der Waals surface area (Å²) in [6, 6.07) is 0. The van der Waals surface area contributed by atoms with Crippen molar-refractivity contribution in [3.63, 3.8) is 0 Å². The monoisotopic (exact) mass is 338 g/mol. The van der Waals surface area contributed by atoms with Gasteiger partial charge in [-0.15, -0.1) is 6.58 Å². The van der Waals surface area contributed by atoms with Crippen molar-refractivity contribution in [1.82, 2.24) is 0 Å². The van der Waals surface area contributed by atoms with E-state index in [2.05, 4.69) is 29.2 Å². The first-order valence-corrected chi connectivity index (χ1v) is 7.62. The summed E-state index contributed by atoms with van der Waals surface area (Å²) in [7, 11) is 0. The Labute approximate surface area is 113 Å². The predicted molar refractivity (Wildman–Crippen MR) is 76.0 cm³/mol. The average Bonchev–Trinajstić information content (AvgIpc) is 2.16. The Morgan fingerprint density at radius 1 is 1.31 bits per heavy atom. The fourth-order valence-corrected chi connectivity index (χ4v) is 2.88. The molecule has 0 spiro atoms. The van der Waals surface area contributed by atoms with E-state index in [0.29, 0.717) is 12.2 Å². The minimum Gasteiger partial charge on any atom is -0.347 e. The molecule has 0 unspecified atom stereocenters. The molecule has 94 valence electrons. The van der Waals surface area contributed by atoms with Gasteiger partial charge in [-0.2, -0.15) is 0 Å². The Kier molecular flexibility index (Phi) is 6.29. The average molecular weight is 338 g/mol. The molecule has 0 aromatic rings. The molecule has 0 bridgehead atoms. The van der Waals surface area contributed by atoms with Gasteiger partial charge in [-0.3, -0.25) is 0 Å². The standard InChI is InChI=1S/C13H23IO2/c1-4-5-6-7-11-10-12(8-9-14)16-13(2,3)15-11/h4,11-12H,1,5-10H2,2-3H3/t11-,12-/m0/s1. The second-order valence-electron chi connectivity index (χ2n) is 4.81. The summed E-state index contributed by atoms with van der Waals surface area (Å²) in [6.07, 6.45) is 8.25. The Morgan fingerprint density at radius 3 is 2.50 bits per heavy atom. The normalized spacial score (nSPS) is 28.9. The molecule has 0 radical (unpaired) electrons. The molecule has 3 heteroatoms. The van der Waals surface area contributed by atoms with Gasteiger partial charge in [0, 0.05) is 10.8 Å². The molecule has 1 rings (SSSR count). The van der Waals surface area contributed by atoms with Gasteiger partial charge >= 0.3 is 0 Å².